The zero-order chi connectivity index (χ0) is 21.7. The van der Waals surface area contributed by atoms with Crippen LogP contribution in [0.5, 0.6) is 0 Å². The molecule has 1 aliphatic carbocycles. The predicted molar refractivity (Wildman–Crippen MR) is 121 cm³/mol. The Morgan fingerprint density at radius 2 is 1.70 bits per heavy atom. The van der Waals surface area contributed by atoms with Crippen molar-refractivity contribution in [1.82, 2.24) is 5.32 Å². The molecule has 0 aliphatic heterocycles. The van der Waals surface area contributed by atoms with E-state index in [1.54, 1.807) is 12.1 Å². The highest BCUT2D eigenvalue weighted by molar-refractivity contribution is 7.92. The van der Waals surface area contributed by atoms with Gasteiger partial charge < -0.3 is 5.32 Å². The average molecular weight is 449 g/mol. The van der Waals surface area contributed by atoms with Crippen molar-refractivity contribution < 1.29 is 13.2 Å². The quantitative estimate of drug-likeness (QED) is 0.658. The minimum absolute atomic E-state index is 0.102. The van der Waals surface area contributed by atoms with Gasteiger partial charge in [-0.05, 0) is 80.1 Å². The third-order valence-corrected chi connectivity index (χ3v) is 7.82. The lowest BCUT2D eigenvalue weighted by Crippen LogP contribution is -2.42. The summed E-state index contributed by atoms with van der Waals surface area (Å²) in [6.07, 6.45) is 5.87. The molecule has 0 saturated heterocycles. The molecule has 0 spiro atoms. The molecule has 5 nitrogen and oxygen atoms in total. The molecule has 2 aromatic carbocycles. The molecular weight excluding hydrogens is 420 g/mol. The van der Waals surface area contributed by atoms with Gasteiger partial charge in [-0.2, -0.15) is 0 Å². The van der Waals surface area contributed by atoms with E-state index in [9.17, 15) is 13.2 Å². The first-order chi connectivity index (χ1) is 14.3. The van der Waals surface area contributed by atoms with Crippen molar-refractivity contribution in [2.24, 2.45) is 5.92 Å². The molecule has 2 aromatic rings. The Kier molecular flexibility index (Phi) is 7.42. The molecular formula is C23H29ClN2O3S. The topological polar surface area (TPSA) is 66.5 Å². The highest BCUT2D eigenvalue weighted by Gasteiger charge is 2.28. The molecule has 0 aromatic heterocycles. The molecule has 3 rings (SSSR count). The van der Waals surface area contributed by atoms with Crippen LogP contribution in [0, 0.1) is 19.8 Å². The van der Waals surface area contributed by atoms with Gasteiger partial charge in [0.15, 0.2) is 0 Å². The molecule has 1 aliphatic rings. The lowest BCUT2D eigenvalue weighted by atomic mass is 9.89. The van der Waals surface area contributed by atoms with Gasteiger partial charge in [0.1, 0.15) is 6.54 Å². The number of nitrogens with zero attached hydrogens (tertiary/aromatic N) is 1. The molecule has 1 N–H and O–H groups in total. The summed E-state index contributed by atoms with van der Waals surface area (Å²) in [5.41, 5.74) is 2.50. The lowest BCUT2D eigenvalue weighted by Gasteiger charge is -2.26. The standard InChI is InChI=1S/C23H29ClN2O3S/c1-17-8-11-21(14-18(17)2)26(30(28,29)22-12-9-20(24)10-13-22)16-23(27)25-15-19-6-4-3-5-7-19/h8-14,19H,3-7,15-16H2,1-2H3,(H,25,27). The van der Waals surface area contributed by atoms with E-state index in [-0.39, 0.29) is 17.3 Å². The van der Waals surface area contributed by atoms with Crippen LogP contribution < -0.4 is 9.62 Å². The van der Waals surface area contributed by atoms with Gasteiger partial charge >= 0.3 is 0 Å². The van der Waals surface area contributed by atoms with Crippen LogP contribution in [-0.2, 0) is 14.8 Å². The molecule has 0 atom stereocenters. The fourth-order valence-electron chi connectivity index (χ4n) is 3.77. The molecule has 1 saturated carbocycles. The molecule has 0 unspecified atom stereocenters. The Bertz CT molecular complexity index is 984. The number of anilines is 1. The van der Waals surface area contributed by atoms with E-state index in [4.69, 9.17) is 11.6 Å². The number of halogens is 1. The van der Waals surface area contributed by atoms with Crippen molar-refractivity contribution in [2.75, 3.05) is 17.4 Å². The van der Waals surface area contributed by atoms with Crippen LogP contribution in [0.4, 0.5) is 5.69 Å². The zero-order valence-electron chi connectivity index (χ0n) is 17.5. The maximum atomic E-state index is 13.4. The normalized spacial score (nSPS) is 15.0. The molecule has 7 heteroatoms. The molecule has 0 radical (unpaired) electrons. The van der Waals surface area contributed by atoms with Crippen molar-refractivity contribution >= 4 is 33.2 Å². The van der Waals surface area contributed by atoms with Crippen molar-refractivity contribution in [3.8, 4) is 0 Å². The Hall–Kier alpha value is -2.05. The minimum atomic E-state index is -3.92. The van der Waals surface area contributed by atoms with Crippen LogP contribution in [0.15, 0.2) is 47.4 Å². The van der Waals surface area contributed by atoms with Crippen LogP contribution >= 0.6 is 11.6 Å². The number of amides is 1. The predicted octanol–water partition coefficient (Wildman–Crippen LogP) is 4.85. The molecule has 0 bridgehead atoms. The molecule has 162 valence electrons. The number of rotatable bonds is 7. The second kappa shape index (κ2) is 9.84. The van der Waals surface area contributed by atoms with Crippen molar-refractivity contribution in [3.63, 3.8) is 0 Å². The number of hydrogen-bond acceptors (Lipinski definition) is 3. The monoisotopic (exact) mass is 448 g/mol. The lowest BCUT2D eigenvalue weighted by molar-refractivity contribution is -0.119. The van der Waals surface area contributed by atoms with Crippen LogP contribution in [0.1, 0.15) is 43.2 Å². The fourth-order valence-corrected chi connectivity index (χ4v) is 5.30. The molecule has 1 fully saturated rings. The van der Waals surface area contributed by atoms with E-state index in [0.29, 0.717) is 23.2 Å². The summed E-state index contributed by atoms with van der Waals surface area (Å²) < 4.78 is 27.9. The SMILES string of the molecule is Cc1ccc(N(CC(=O)NCC2CCCCC2)S(=O)(=O)c2ccc(Cl)cc2)cc1C. The summed E-state index contributed by atoms with van der Waals surface area (Å²) in [5, 5.41) is 3.40. The number of benzene rings is 2. The summed E-state index contributed by atoms with van der Waals surface area (Å²) in [5.74, 6) is 0.182. The van der Waals surface area contributed by atoms with Gasteiger partial charge in [0.2, 0.25) is 5.91 Å². The zero-order valence-corrected chi connectivity index (χ0v) is 19.1. The molecule has 0 heterocycles. The van der Waals surface area contributed by atoms with Crippen molar-refractivity contribution in [1.29, 1.82) is 0 Å². The van der Waals surface area contributed by atoms with E-state index < -0.39 is 10.0 Å². The molecule has 30 heavy (non-hydrogen) atoms. The van der Waals surface area contributed by atoms with E-state index in [0.717, 1.165) is 24.0 Å². The number of nitrogens with one attached hydrogen (secondary N) is 1. The third-order valence-electron chi connectivity index (χ3n) is 5.78. The van der Waals surface area contributed by atoms with E-state index in [2.05, 4.69) is 5.32 Å². The van der Waals surface area contributed by atoms with Crippen LogP contribution in [0.25, 0.3) is 0 Å². The number of carbonyl (C=O) groups excluding carboxylic acids is 1. The van der Waals surface area contributed by atoms with Gasteiger partial charge in [-0.25, -0.2) is 8.42 Å². The van der Waals surface area contributed by atoms with Crippen molar-refractivity contribution in [2.45, 2.75) is 50.8 Å². The second-order valence-corrected chi connectivity index (χ2v) is 10.3. The Morgan fingerprint density at radius 3 is 2.33 bits per heavy atom. The maximum absolute atomic E-state index is 13.4. The minimum Gasteiger partial charge on any atom is -0.354 e. The Labute approximate surface area is 184 Å². The molecule has 1 amide bonds. The van der Waals surface area contributed by atoms with Gasteiger partial charge in [0, 0.05) is 11.6 Å². The Balaban J connectivity index is 1.84. The van der Waals surface area contributed by atoms with Gasteiger partial charge in [0.25, 0.3) is 10.0 Å². The highest BCUT2D eigenvalue weighted by atomic mass is 35.5. The van der Waals surface area contributed by atoms with Crippen LogP contribution in [0.2, 0.25) is 5.02 Å². The summed E-state index contributed by atoms with van der Waals surface area (Å²) in [6, 6.07) is 11.4. The first kappa shape index (κ1) is 22.6. The first-order valence-corrected chi connectivity index (χ1v) is 12.2. The van der Waals surface area contributed by atoms with Gasteiger partial charge in [-0.15, -0.1) is 0 Å². The second-order valence-electron chi connectivity index (χ2n) is 8.04. The Morgan fingerprint density at radius 1 is 1.03 bits per heavy atom. The largest absolute Gasteiger partial charge is 0.354 e. The number of aryl methyl sites for hydroxylation is 2. The van der Waals surface area contributed by atoms with Crippen LogP contribution in [0.3, 0.4) is 0 Å². The van der Waals surface area contributed by atoms with E-state index in [1.165, 1.54) is 47.8 Å². The third kappa shape index (κ3) is 5.55. The van der Waals surface area contributed by atoms with Crippen molar-refractivity contribution in [3.05, 3.63) is 58.6 Å². The number of carbonyl (C=O) groups is 1. The van der Waals surface area contributed by atoms with E-state index >= 15 is 0 Å². The maximum Gasteiger partial charge on any atom is 0.264 e. The van der Waals surface area contributed by atoms with E-state index in [1.807, 2.05) is 19.9 Å². The average Bonchev–Trinajstić information content (AvgIpc) is 2.73. The summed E-state index contributed by atoms with van der Waals surface area (Å²) in [7, 11) is -3.92. The summed E-state index contributed by atoms with van der Waals surface area (Å²) >= 11 is 5.92. The first-order valence-electron chi connectivity index (χ1n) is 10.4. The highest BCUT2D eigenvalue weighted by Crippen LogP contribution is 2.27. The summed E-state index contributed by atoms with van der Waals surface area (Å²) in [6.45, 7) is 4.23. The number of hydrogen-bond donors (Lipinski definition) is 1. The van der Waals surface area contributed by atoms with Crippen LogP contribution in [-0.4, -0.2) is 27.4 Å². The fraction of sp³-hybridized carbons (Fsp3) is 0.435. The number of sulfonamides is 1. The van der Waals surface area contributed by atoms with Gasteiger partial charge in [-0.1, -0.05) is 36.9 Å². The van der Waals surface area contributed by atoms with Gasteiger partial charge in [-0.3, -0.25) is 9.10 Å². The smallest absolute Gasteiger partial charge is 0.264 e. The summed E-state index contributed by atoms with van der Waals surface area (Å²) in [4.78, 5) is 12.8. The van der Waals surface area contributed by atoms with Gasteiger partial charge in [0.05, 0.1) is 10.6 Å².